The smallest absolute Gasteiger partial charge is 0.196 e. The van der Waals surface area contributed by atoms with Crippen LogP contribution in [0.2, 0.25) is 0 Å². The Hall–Kier alpha value is -5.74. The van der Waals surface area contributed by atoms with E-state index in [9.17, 15) is 0 Å². The van der Waals surface area contributed by atoms with Crippen molar-refractivity contribution in [3.8, 4) is 56.4 Å². The standard InChI is InChI=1S/C38H24N2O2/c1-2-9-25(10-3-1)26-18-20-27(21-19-26)33-24-34(40-38(39-33)36-17-8-22-41-36)29-12-6-11-28(23-29)30-14-7-15-32-31-13-4-5-16-35(31)42-37(30)32/h1-24H. The summed E-state index contributed by atoms with van der Waals surface area (Å²) in [5.74, 6) is 1.17. The fraction of sp³-hybridized carbons (Fsp3) is 0. The molecule has 198 valence electrons. The first kappa shape index (κ1) is 24.1. The molecule has 0 atom stereocenters. The van der Waals surface area contributed by atoms with E-state index in [0.717, 1.165) is 61.1 Å². The normalized spacial score (nSPS) is 11.3. The predicted molar refractivity (Wildman–Crippen MR) is 169 cm³/mol. The fourth-order valence-electron chi connectivity index (χ4n) is 5.54. The molecule has 8 aromatic rings. The summed E-state index contributed by atoms with van der Waals surface area (Å²) in [6.45, 7) is 0. The minimum Gasteiger partial charge on any atom is -0.461 e. The van der Waals surface area contributed by atoms with Crippen LogP contribution in [0, 0.1) is 0 Å². The lowest BCUT2D eigenvalue weighted by molar-refractivity contribution is 0.577. The zero-order valence-corrected chi connectivity index (χ0v) is 22.6. The van der Waals surface area contributed by atoms with Crippen LogP contribution in [0.3, 0.4) is 0 Å². The average molecular weight is 541 g/mol. The van der Waals surface area contributed by atoms with E-state index in [2.05, 4.69) is 97.1 Å². The molecule has 0 spiro atoms. The van der Waals surface area contributed by atoms with Crippen LogP contribution in [0.4, 0.5) is 0 Å². The van der Waals surface area contributed by atoms with Gasteiger partial charge in [-0.3, -0.25) is 0 Å². The van der Waals surface area contributed by atoms with Crippen LogP contribution in [-0.2, 0) is 0 Å². The summed E-state index contributed by atoms with van der Waals surface area (Å²) in [4.78, 5) is 9.84. The van der Waals surface area contributed by atoms with Crippen LogP contribution in [-0.4, -0.2) is 9.97 Å². The zero-order chi connectivity index (χ0) is 27.9. The van der Waals surface area contributed by atoms with Crippen molar-refractivity contribution in [3.63, 3.8) is 0 Å². The molecule has 0 unspecified atom stereocenters. The molecule has 0 bridgehead atoms. The minimum absolute atomic E-state index is 0.546. The number of hydrogen-bond acceptors (Lipinski definition) is 4. The van der Waals surface area contributed by atoms with Crippen LogP contribution in [0.5, 0.6) is 0 Å². The van der Waals surface area contributed by atoms with Crippen molar-refractivity contribution in [2.45, 2.75) is 0 Å². The highest BCUT2D eigenvalue weighted by molar-refractivity contribution is 6.09. The monoisotopic (exact) mass is 540 g/mol. The molecule has 3 heterocycles. The molecule has 0 saturated heterocycles. The molecule has 0 aliphatic heterocycles. The number of benzene rings is 5. The lowest BCUT2D eigenvalue weighted by Gasteiger charge is -2.10. The minimum atomic E-state index is 0.546. The first-order valence-corrected chi connectivity index (χ1v) is 13.9. The first-order chi connectivity index (χ1) is 20.8. The van der Waals surface area contributed by atoms with Crippen molar-refractivity contribution in [2.75, 3.05) is 0 Å². The number of rotatable bonds is 5. The van der Waals surface area contributed by atoms with Gasteiger partial charge in [-0.2, -0.15) is 0 Å². The molecule has 8 rings (SSSR count). The molecule has 0 amide bonds. The Bertz CT molecular complexity index is 2180. The van der Waals surface area contributed by atoms with Gasteiger partial charge in [0.1, 0.15) is 11.2 Å². The molecule has 5 aromatic carbocycles. The quantitative estimate of drug-likeness (QED) is 0.218. The number of nitrogens with zero attached hydrogens (tertiary/aromatic N) is 2. The predicted octanol–water partition coefficient (Wildman–Crippen LogP) is 10.3. The summed E-state index contributed by atoms with van der Waals surface area (Å²) in [5, 5.41) is 2.23. The Morgan fingerprint density at radius 3 is 1.95 bits per heavy atom. The van der Waals surface area contributed by atoms with Crippen LogP contribution in [0.25, 0.3) is 78.3 Å². The van der Waals surface area contributed by atoms with Crippen LogP contribution >= 0.6 is 0 Å². The maximum atomic E-state index is 6.33. The van der Waals surface area contributed by atoms with Gasteiger partial charge in [0.25, 0.3) is 0 Å². The zero-order valence-electron chi connectivity index (χ0n) is 22.6. The van der Waals surface area contributed by atoms with Gasteiger partial charge in [0.2, 0.25) is 0 Å². The van der Waals surface area contributed by atoms with Gasteiger partial charge in [-0.25, -0.2) is 9.97 Å². The number of aromatic nitrogens is 2. The summed E-state index contributed by atoms with van der Waals surface area (Å²) in [5.41, 5.74) is 9.85. The third-order valence-electron chi connectivity index (χ3n) is 7.63. The number of furan rings is 2. The second-order valence-corrected chi connectivity index (χ2v) is 10.2. The van der Waals surface area contributed by atoms with Crippen molar-refractivity contribution >= 4 is 21.9 Å². The van der Waals surface area contributed by atoms with Crippen molar-refractivity contribution in [1.29, 1.82) is 0 Å². The summed E-state index contributed by atoms with van der Waals surface area (Å²) in [6, 6.07) is 47.6. The summed E-state index contributed by atoms with van der Waals surface area (Å²) in [7, 11) is 0. The summed E-state index contributed by atoms with van der Waals surface area (Å²) >= 11 is 0. The maximum Gasteiger partial charge on any atom is 0.196 e. The van der Waals surface area contributed by atoms with E-state index in [4.69, 9.17) is 18.8 Å². The van der Waals surface area contributed by atoms with E-state index in [1.54, 1.807) is 6.26 Å². The molecule has 0 aliphatic rings. The Balaban J connectivity index is 1.24. The second-order valence-electron chi connectivity index (χ2n) is 10.2. The van der Waals surface area contributed by atoms with Gasteiger partial charge < -0.3 is 8.83 Å². The molecule has 4 nitrogen and oxygen atoms in total. The van der Waals surface area contributed by atoms with Gasteiger partial charge in [-0.15, -0.1) is 0 Å². The van der Waals surface area contributed by atoms with Gasteiger partial charge in [-0.05, 0) is 47.0 Å². The van der Waals surface area contributed by atoms with Crippen molar-refractivity contribution in [1.82, 2.24) is 9.97 Å². The van der Waals surface area contributed by atoms with Crippen molar-refractivity contribution in [2.24, 2.45) is 0 Å². The average Bonchev–Trinajstić information content (AvgIpc) is 3.74. The van der Waals surface area contributed by atoms with Crippen molar-refractivity contribution in [3.05, 3.63) is 146 Å². The second kappa shape index (κ2) is 10.0. The molecular formula is C38H24N2O2. The molecule has 0 aliphatic carbocycles. The first-order valence-electron chi connectivity index (χ1n) is 13.9. The lowest BCUT2D eigenvalue weighted by Crippen LogP contribution is -1.95. The summed E-state index contributed by atoms with van der Waals surface area (Å²) in [6.07, 6.45) is 1.65. The Labute approximate surface area is 242 Å². The van der Waals surface area contributed by atoms with E-state index in [0.29, 0.717) is 11.6 Å². The van der Waals surface area contributed by atoms with E-state index >= 15 is 0 Å². The topological polar surface area (TPSA) is 52.1 Å². The van der Waals surface area contributed by atoms with Gasteiger partial charge in [0.15, 0.2) is 11.6 Å². The lowest BCUT2D eigenvalue weighted by atomic mass is 9.98. The molecular weight excluding hydrogens is 516 g/mol. The molecule has 3 aromatic heterocycles. The van der Waals surface area contributed by atoms with Crippen LogP contribution in [0.15, 0.2) is 155 Å². The largest absolute Gasteiger partial charge is 0.461 e. The number of para-hydroxylation sites is 2. The number of hydrogen-bond donors (Lipinski definition) is 0. The molecule has 0 saturated carbocycles. The summed E-state index contributed by atoms with van der Waals surface area (Å²) < 4.78 is 12.0. The Morgan fingerprint density at radius 2 is 1.12 bits per heavy atom. The highest BCUT2D eigenvalue weighted by atomic mass is 16.3. The van der Waals surface area contributed by atoms with Crippen LogP contribution < -0.4 is 0 Å². The molecule has 0 N–H and O–H groups in total. The maximum absolute atomic E-state index is 6.33. The highest BCUT2D eigenvalue weighted by Gasteiger charge is 2.15. The van der Waals surface area contributed by atoms with Crippen LogP contribution in [0.1, 0.15) is 0 Å². The van der Waals surface area contributed by atoms with E-state index in [-0.39, 0.29) is 0 Å². The van der Waals surface area contributed by atoms with Gasteiger partial charge in [-0.1, -0.05) is 109 Å². The Kier molecular flexibility index (Phi) is 5.75. The SMILES string of the molecule is c1ccc(-c2ccc(-c3cc(-c4cccc(-c5cccc6c5oc5ccccc56)c4)nc(-c4ccco4)n3)cc2)cc1. The van der Waals surface area contributed by atoms with Gasteiger partial charge in [0.05, 0.1) is 17.7 Å². The van der Waals surface area contributed by atoms with E-state index < -0.39 is 0 Å². The third-order valence-corrected chi connectivity index (χ3v) is 7.63. The van der Waals surface area contributed by atoms with E-state index in [1.165, 1.54) is 5.56 Å². The van der Waals surface area contributed by atoms with E-state index in [1.807, 2.05) is 42.5 Å². The highest BCUT2D eigenvalue weighted by Crippen LogP contribution is 2.37. The molecule has 0 fully saturated rings. The molecule has 42 heavy (non-hydrogen) atoms. The molecule has 0 radical (unpaired) electrons. The number of fused-ring (bicyclic) bond motifs is 3. The van der Waals surface area contributed by atoms with Gasteiger partial charge >= 0.3 is 0 Å². The third kappa shape index (κ3) is 4.27. The van der Waals surface area contributed by atoms with Crippen molar-refractivity contribution < 1.29 is 8.83 Å². The van der Waals surface area contributed by atoms with Gasteiger partial charge in [0, 0.05) is 27.5 Å². The fourth-order valence-corrected chi connectivity index (χ4v) is 5.54. The molecule has 4 heteroatoms. The Morgan fingerprint density at radius 1 is 0.452 bits per heavy atom.